The molecule has 0 aliphatic carbocycles. The fourth-order valence-electron chi connectivity index (χ4n) is 10.1. The van der Waals surface area contributed by atoms with Gasteiger partial charge < -0.3 is 95.8 Å². The summed E-state index contributed by atoms with van der Waals surface area (Å²) in [4.78, 5) is 193. The Morgan fingerprint density at radius 2 is 1.35 bits per heavy atom. The normalized spacial score (nSPS) is 25.2. The van der Waals surface area contributed by atoms with Crippen LogP contribution in [0, 0.1) is 11.8 Å². The zero-order chi connectivity index (χ0) is 69.9. The number of unbranched alkanes of at least 4 members (excludes halogenated alkanes) is 2. The number of hydrogen-bond donors (Lipinski definition) is 17. The third-order valence-corrected chi connectivity index (χ3v) is 20.2. The van der Waals surface area contributed by atoms with E-state index in [-0.39, 0.29) is 73.3 Å². The van der Waals surface area contributed by atoms with Gasteiger partial charge in [0.1, 0.15) is 66.2 Å². The lowest BCUT2D eigenvalue weighted by atomic mass is 10.0. The van der Waals surface area contributed by atoms with Crippen LogP contribution >= 0.6 is 43.2 Å². The number of aromatic hydroxyl groups is 1. The first-order valence-electron chi connectivity index (χ1n) is 31.4. The highest BCUT2D eigenvalue weighted by Gasteiger charge is 2.44. The molecule has 0 radical (unpaired) electrons. The number of aromatic amines is 1. The van der Waals surface area contributed by atoms with Crippen molar-refractivity contribution in [2.75, 3.05) is 49.2 Å². The Labute approximate surface area is 566 Å². The minimum absolute atomic E-state index is 0.00777. The number of amides is 13. The van der Waals surface area contributed by atoms with E-state index < -0.39 is 175 Å². The van der Waals surface area contributed by atoms with Gasteiger partial charge in [0.15, 0.2) is 0 Å². The predicted octanol–water partition coefficient (Wildman–Crippen LogP) is -3.92. The van der Waals surface area contributed by atoms with Crippen molar-refractivity contribution in [2.45, 2.75) is 171 Å². The summed E-state index contributed by atoms with van der Waals surface area (Å²) >= 11 is 0. The molecule has 1 aromatic heterocycles. The van der Waals surface area contributed by atoms with Crippen molar-refractivity contribution in [3.05, 3.63) is 48.0 Å². The summed E-state index contributed by atoms with van der Waals surface area (Å²) in [6.45, 7) is 7.18. The number of nitrogens with one attached hydrogen (secondary N) is 12. The zero-order valence-corrected chi connectivity index (χ0v) is 57.0. The molecule has 1 aromatic carbocycles. The molecule has 3 saturated heterocycles. The van der Waals surface area contributed by atoms with Crippen molar-refractivity contribution in [2.24, 2.45) is 29.0 Å². The van der Waals surface area contributed by atoms with Crippen molar-refractivity contribution in [3.8, 4) is 5.75 Å². The number of rotatable bonds is 21. The number of phenolic OH excluding ortho intramolecular Hbond substituents is 1. The van der Waals surface area contributed by atoms with E-state index in [9.17, 15) is 72.5 Å². The van der Waals surface area contributed by atoms with Gasteiger partial charge in [0.05, 0.1) is 31.6 Å². The first-order chi connectivity index (χ1) is 45.2. The molecular weight excluding hydrogens is 1320 g/mol. The summed E-state index contributed by atoms with van der Waals surface area (Å²) in [5, 5.41) is 50.0. The maximum atomic E-state index is 15.0. The van der Waals surface area contributed by atoms with Gasteiger partial charge in [-0.2, -0.15) is 0 Å². The van der Waals surface area contributed by atoms with Gasteiger partial charge in [-0.3, -0.25) is 62.3 Å². The number of primary amides is 1. The number of nitrogens with two attached hydrogens (primary N) is 3. The molecule has 3 aliphatic heterocycles. The number of nitrogens with zero attached hydrogens (tertiary/aromatic N) is 2. The molecule has 526 valence electrons. The van der Waals surface area contributed by atoms with Gasteiger partial charge in [-0.05, 0) is 68.2 Å². The monoisotopic (exact) mass is 1410 g/mol. The number of imidazole rings is 1. The first-order valence-corrected chi connectivity index (χ1v) is 36.4. The van der Waals surface area contributed by atoms with Crippen LogP contribution in [-0.2, 0) is 75.2 Å². The quantitative estimate of drug-likeness (QED) is 0.0419. The maximum Gasteiger partial charge on any atom is 0.246 e. The highest BCUT2D eigenvalue weighted by molar-refractivity contribution is 8.77. The summed E-state index contributed by atoms with van der Waals surface area (Å²) in [7, 11) is 3.70. The van der Waals surface area contributed by atoms with Crippen molar-refractivity contribution >= 4 is 120 Å². The number of carbonyl (C=O) groups is 13. The van der Waals surface area contributed by atoms with E-state index in [4.69, 9.17) is 17.2 Å². The fraction of sp³-hybridized carbons (Fsp3) is 0.627. The van der Waals surface area contributed by atoms with Gasteiger partial charge in [0.25, 0.3) is 0 Å². The Morgan fingerprint density at radius 3 is 1.99 bits per heavy atom. The van der Waals surface area contributed by atoms with Crippen LogP contribution in [0.1, 0.15) is 97.2 Å². The second-order valence-electron chi connectivity index (χ2n) is 24.0. The molecule has 2 aromatic rings. The molecule has 0 unspecified atom stereocenters. The summed E-state index contributed by atoms with van der Waals surface area (Å²) in [6.07, 6.45) is 3.26. The molecule has 5 rings (SSSR count). The lowest BCUT2D eigenvalue weighted by molar-refractivity contribution is -0.142. The lowest BCUT2D eigenvalue weighted by Gasteiger charge is -2.31. The number of carbonyl (C=O) groups excluding carboxylic acids is 13. The van der Waals surface area contributed by atoms with E-state index in [1.165, 1.54) is 36.8 Å². The number of H-pyrrole nitrogens is 1. The van der Waals surface area contributed by atoms with Gasteiger partial charge in [-0.1, -0.05) is 103 Å². The number of aliphatic hydroxyl groups is 1. The number of fused-ring (bicyclic) bond motifs is 6. The minimum atomic E-state index is -1.59. The van der Waals surface area contributed by atoms with Crippen LogP contribution < -0.4 is 75.7 Å². The molecule has 3 aliphatic rings. The first kappa shape index (κ1) is 78.3. The summed E-state index contributed by atoms with van der Waals surface area (Å²) in [6, 6.07) is -9.75. The molecule has 4 heterocycles. The van der Waals surface area contributed by atoms with E-state index >= 15 is 0 Å². The van der Waals surface area contributed by atoms with Crippen molar-refractivity contribution in [3.63, 3.8) is 0 Å². The van der Waals surface area contributed by atoms with Crippen molar-refractivity contribution in [1.29, 1.82) is 0 Å². The molecule has 2 bridgehead atoms. The number of phenols is 1. The van der Waals surface area contributed by atoms with Crippen LogP contribution in [0.5, 0.6) is 5.75 Å². The van der Waals surface area contributed by atoms with E-state index in [1.54, 1.807) is 27.7 Å². The highest BCUT2D eigenvalue weighted by atomic mass is 33.1. The number of aliphatic hydroxyl groups excluding tert-OH is 1. The Hall–Kier alpha value is -7.38. The lowest BCUT2D eigenvalue weighted by Crippen LogP contribution is -2.61. The molecule has 32 nitrogen and oxygen atoms in total. The van der Waals surface area contributed by atoms with E-state index in [0.29, 0.717) is 36.9 Å². The number of benzene rings is 1. The van der Waals surface area contributed by atoms with Crippen molar-refractivity contribution in [1.82, 2.24) is 73.4 Å². The molecular formula is C59H91N17O15S4. The number of hydrogen-bond acceptors (Lipinski definition) is 22. The number of aromatic nitrogens is 2. The minimum Gasteiger partial charge on any atom is -0.508 e. The largest absolute Gasteiger partial charge is 0.508 e. The average Bonchev–Trinajstić information content (AvgIpc) is 1.72. The third kappa shape index (κ3) is 25.9. The molecule has 13 amide bonds. The van der Waals surface area contributed by atoms with Gasteiger partial charge >= 0.3 is 0 Å². The SMILES string of the molecule is CCCC[C@H](N)C(=O)NCC(=O)N[C@H](C(=O)N[C@H]1CSSC[C@@H](C(N)=O)NC(=O)[C@@H]2C[C@@H](O)CN2C(=O)[C@H](Cc2cnc[nH]2)NC(=O)[C@@H]2CSSC[C@H](NC1=O)C(=O)NCC(=O)N[C@@H](Cc1ccc(O)cc1)C(=O)N[C@@H](CCCCN)C(=O)N[C@@H](CC(C)C)C(=O)N2)C(C)C. The zero-order valence-electron chi connectivity index (χ0n) is 53.7. The Balaban J connectivity index is 1.61. The van der Waals surface area contributed by atoms with Crippen LogP contribution in [0.2, 0.25) is 0 Å². The summed E-state index contributed by atoms with van der Waals surface area (Å²) < 4.78 is 0. The van der Waals surface area contributed by atoms with Crippen LogP contribution in [0.3, 0.4) is 0 Å². The molecule has 12 atom stereocenters. The van der Waals surface area contributed by atoms with Crippen molar-refractivity contribution < 1.29 is 72.5 Å². The standard InChI is InChI=1S/C59H91N17O15S4/c1-6-7-10-36(61)50(82)64-23-47(80)75-48(31(4)5)58(90)74-44-28-94-92-25-41(49(62)81)71-57(89)45-20-35(78)24-76(45)59(91)40(19-33-21-63-29-66-33)70-55(87)43-27-95-93-26-42(72-56(44)88)51(83)65-22-46(79)67-39(18-32-12-14-34(77)15-13-32)54(86)68-37(11-8-9-16-60)52(84)69-38(17-30(2)3)53(85)73-43/h12-15,21,29-31,35-45,48,77-78H,6-11,16-20,22-28,60-61H2,1-5H3,(H2,62,81)(H,63,66)(H,64,82)(H,65,83)(H,67,79)(H,68,86)(H,69,84)(H,70,87)(H,71,89)(H,72,88)(H,73,85)(H,74,90)(H,75,80)/t35-,36+,37+,38+,39+,40+,41+,42+,43+,44+,45+,48+/m1/s1. The maximum absolute atomic E-state index is 15.0. The molecule has 95 heavy (non-hydrogen) atoms. The van der Waals surface area contributed by atoms with E-state index in [2.05, 4.69) is 68.5 Å². The smallest absolute Gasteiger partial charge is 0.246 e. The Bertz CT molecular complexity index is 2970. The second-order valence-corrected chi connectivity index (χ2v) is 29.1. The third-order valence-electron chi connectivity index (χ3n) is 15.4. The molecule has 3 fully saturated rings. The topological polar surface area (TPSA) is 505 Å². The van der Waals surface area contributed by atoms with Crippen LogP contribution in [-0.4, -0.2) is 224 Å². The van der Waals surface area contributed by atoms with E-state index in [1.807, 2.05) is 6.92 Å². The molecule has 20 N–H and O–H groups in total. The van der Waals surface area contributed by atoms with Gasteiger partial charge in [0.2, 0.25) is 76.8 Å². The highest BCUT2D eigenvalue weighted by Crippen LogP contribution is 2.27. The average molecular weight is 1410 g/mol. The second kappa shape index (κ2) is 39.6. The Kier molecular flexibility index (Phi) is 32.7. The summed E-state index contributed by atoms with van der Waals surface area (Å²) in [5.41, 5.74) is 18.4. The molecule has 0 spiro atoms. The van der Waals surface area contributed by atoms with E-state index in [0.717, 1.165) is 54.5 Å². The van der Waals surface area contributed by atoms with Gasteiger partial charge in [0, 0.05) is 60.7 Å². The van der Waals surface area contributed by atoms with Crippen LogP contribution in [0.25, 0.3) is 0 Å². The molecule has 0 saturated carbocycles. The predicted molar refractivity (Wildman–Crippen MR) is 357 cm³/mol. The van der Waals surface area contributed by atoms with Crippen LogP contribution in [0.15, 0.2) is 36.8 Å². The molecule has 36 heteroatoms. The summed E-state index contributed by atoms with van der Waals surface area (Å²) in [5.74, 6) is -13.6. The fourth-order valence-corrected chi connectivity index (χ4v) is 14.8. The van der Waals surface area contributed by atoms with Crippen LogP contribution in [0.4, 0.5) is 0 Å². The van der Waals surface area contributed by atoms with Gasteiger partial charge in [-0.15, -0.1) is 0 Å². The Morgan fingerprint density at radius 1 is 0.716 bits per heavy atom. The van der Waals surface area contributed by atoms with Gasteiger partial charge in [-0.25, -0.2) is 4.98 Å².